The van der Waals surface area contributed by atoms with Crippen LogP contribution < -0.4 is 0 Å². The zero-order chi connectivity index (χ0) is 29.3. The maximum absolute atomic E-state index is 14.3. The summed E-state index contributed by atoms with van der Waals surface area (Å²) in [7, 11) is 0. The Kier molecular flexibility index (Phi) is 7.73. The van der Waals surface area contributed by atoms with E-state index in [-0.39, 0.29) is 23.9 Å². The lowest BCUT2D eigenvalue weighted by molar-refractivity contribution is -0.135. The molecule has 2 unspecified atom stereocenters. The highest BCUT2D eigenvalue weighted by atomic mass is 19.1. The van der Waals surface area contributed by atoms with E-state index in [0.717, 1.165) is 16.8 Å². The Balaban J connectivity index is 1.32. The number of tetrazole rings is 1. The van der Waals surface area contributed by atoms with Gasteiger partial charge in [0, 0.05) is 38.8 Å². The molecule has 0 bridgehead atoms. The fourth-order valence-electron chi connectivity index (χ4n) is 5.52. The number of rotatable bonds is 4. The van der Waals surface area contributed by atoms with E-state index in [9.17, 15) is 19.2 Å². The summed E-state index contributed by atoms with van der Waals surface area (Å²) < 4.78 is 21.6. The smallest absolute Gasteiger partial charge is 0.410 e. The number of nitrogens with zero attached hydrogens (tertiary/aromatic N) is 8. The van der Waals surface area contributed by atoms with Gasteiger partial charge in [-0.05, 0) is 73.0 Å². The fraction of sp³-hybridized carbons (Fsp3) is 0.448. The molecule has 214 valence electrons. The number of aromatic nitrogens is 4. The predicted molar refractivity (Wildman–Crippen MR) is 146 cm³/mol. The second kappa shape index (κ2) is 11.2. The molecule has 2 amide bonds. The van der Waals surface area contributed by atoms with E-state index in [4.69, 9.17) is 4.74 Å². The minimum absolute atomic E-state index is 0.0128. The molecule has 2 aromatic carbocycles. The second-order valence-corrected chi connectivity index (χ2v) is 11.5. The number of piperazine rings is 2. The molecule has 2 aliphatic rings. The van der Waals surface area contributed by atoms with E-state index in [1.807, 2.05) is 56.0 Å². The van der Waals surface area contributed by atoms with Gasteiger partial charge >= 0.3 is 6.09 Å². The molecule has 5 rings (SSSR count). The Morgan fingerprint density at radius 1 is 1.10 bits per heavy atom. The van der Waals surface area contributed by atoms with Gasteiger partial charge in [-0.1, -0.05) is 18.2 Å². The van der Waals surface area contributed by atoms with Crippen LogP contribution in [0.3, 0.4) is 0 Å². The molecule has 0 spiro atoms. The van der Waals surface area contributed by atoms with Crippen LogP contribution in [0.1, 0.15) is 49.1 Å². The van der Waals surface area contributed by atoms with E-state index < -0.39 is 23.6 Å². The van der Waals surface area contributed by atoms with Crippen LogP contribution in [-0.2, 0) is 16.0 Å². The molecule has 0 N–H and O–H groups in total. The molecule has 41 heavy (non-hydrogen) atoms. The summed E-state index contributed by atoms with van der Waals surface area (Å²) in [5.74, 6) is -0.567. The molecule has 0 aliphatic carbocycles. The molecular formula is C29H33FN8O3. The zero-order valence-electron chi connectivity index (χ0n) is 23.6. The SMILES string of the molecule is Cc1c(C2CN3CCN(C(=O)Cc4ccc(-n5cnnn5)cc4)CC3CN2C(=O)OC(C)(C)C)ccc(F)c1C#N. The Labute approximate surface area is 238 Å². The van der Waals surface area contributed by atoms with Gasteiger partial charge in [-0.2, -0.15) is 5.26 Å². The van der Waals surface area contributed by atoms with Gasteiger partial charge in [0.15, 0.2) is 0 Å². The number of carbonyl (C=O) groups is 2. The van der Waals surface area contributed by atoms with Crippen molar-refractivity contribution in [1.29, 1.82) is 5.26 Å². The third-order valence-electron chi connectivity index (χ3n) is 7.61. The summed E-state index contributed by atoms with van der Waals surface area (Å²) in [6.07, 6.45) is 1.29. The molecule has 1 aromatic heterocycles. The molecular weight excluding hydrogens is 527 g/mol. The van der Waals surface area contributed by atoms with Crippen LogP contribution in [0.25, 0.3) is 5.69 Å². The van der Waals surface area contributed by atoms with Gasteiger partial charge in [-0.15, -0.1) is 5.10 Å². The average Bonchev–Trinajstić information content (AvgIpc) is 3.47. The first-order valence-corrected chi connectivity index (χ1v) is 13.6. The second-order valence-electron chi connectivity index (χ2n) is 11.5. The minimum Gasteiger partial charge on any atom is -0.444 e. The van der Waals surface area contributed by atoms with E-state index in [2.05, 4.69) is 20.4 Å². The van der Waals surface area contributed by atoms with E-state index in [0.29, 0.717) is 38.3 Å². The van der Waals surface area contributed by atoms with Crippen LogP contribution in [0.15, 0.2) is 42.7 Å². The summed E-state index contributed by atoms with van der Waals surface area (Å²) in [6, 6.07) is 11.9. The molecule has 0 radical (unpaired) electrons. The monoisotopic (exact) mass is 560 g/mol. The highest BCUT2D eigenvalue weighted by Crippen LogP contribution is 2.34. The largest absolute Gasteiger partial charge is 0.444 e. The Hall–Kier alpha value is -4.37. The predicted octanol–water partition coefficient (Wildman–Crippen LogP) is 3.03. The number of carbonyl (C=O) groups excluding carboxylic acids is 2. The molecule has 2 atom stereocenters. The molecule has 2 aliphatic heterocycles. The summed E-state index contributed by atoms with van der Waals surface area (Å²) in [4.78, 5) is 32.5. The number of ether oxygens (including phenoxy) is 1. The third-order valence-corrected chi connectivity index (χ3v) is 7.61. The molecule has 0 saturated carbocycles. The first-order valence-electron chi connectivity index (χ1n) is 13.6. The summed E-state index contributed by atoms with van der Waals surface area (Å²) >= 11 is 0. The Morgan fingerprint density at radius 3 is 2.51 bits per heavy atom. The number of benzene rings is 2. The number of hydrogen-bond donors (Lipinski definition) is 0. The van der Waals surface area contributed by atoms with Crippen LogP contribution in [-0.4, -0.2) is 91.3 Å². The van der Waals surface area contributed by atoms with Crippen LogP contribution in [0.4, 0.5) is 9.18 Å². The van der Waals surface area contributed by atoms with Crippen LogP contribution in [0.5, 0.6) is 0 Å². The van der Waals surface area contributed by atoms with Crippen molar-refractivity contribution in [1.82, 2.24) is 34.9 Å². The molecule has 3 heterocycles. The van der Waals surface area contributed by atoms with Crippen molar-refractivity contribution in [2.45, 2.75) is 51.8 Å². The molecule has 12 heteroatoms. The highest BCUT2D eigenvalue weighted by Gasteiger charge is 2.42. The maximum Gasteiger partial charge on any atom is 0.410 e. The summed E-state index contributed by atoms with van der Waals surface area (Å²) in [6.45, 7) is 9.63. The van der Waals surface area contributed by atoms with Gasteiger partial charge in [0.25, 0.3) is 0 Å². The number of hydrogen-bond acceptors (Lipinski definition) is 8. The van der Waals surface area contributed by atoms with Crippen LogP contribution >= 0.6 is 0 Å². The Morgan fingerprint density at radius 2 is 1.85 bits per heavy atom. The summed E-state index contributed by atoms with van der Waals surface area (Å²) in [5, 5.41) is 20.7. The molecule has 11 nitrogen and oxygen atoms in total. The lowest BCUT2D eigenvalue weighted by atomic mass is 9.92. The van der Waals surface area contributed by atoms with Crippen molar-refractivity contribution in [3.8, 4) is 11.8 Å². The van der Waals surface area contributed by atoms with Gasteiger partial charge in [0.1, 0.15) is 23.8 Å². The normalized spacial score (nSPS) is 19.4. The molecule has 3 aromatic rings. The van der Waals surface area contributed by atoms with Crippen molar-refractivity contribution in [2.75, 3.05) is 32.7 Å². The lowest BCUT2D eigenvalue weighted by Crippen LogP contribution is -2.64. The number of nitriles is 1. The first kappa shape index (κ1) is 28.2. The van der Waals surface area contributed by atoms with Crippen molar-refractivity contribution in [3.05, 3.63) is 70.8 Å². The fourth-order valence-corrected chi connectivity index (χ4v) is 5.52. The van der Waals surface area contributed by atoms with Gasteiger partial charge in [0.2, 0.25) is 5.91 Å². The third kappa shape index (κ3) is 6.05. The lowest BCUT2D eigenvalue weighted by Gasteiger charge is -2.50. The van der Waals surface area contributed by atoms with Gasteiger partial charge in [-0.25, -0.2) is 13.9 Å². The van der Waals surface area contributed by atoms with Gasteiger partial charge < -0.3 is 9.64 Å². The quantitative estimate of drug-likeness (QED) is 0.478. The number of halogens is 1. The summed E-state index contributed by atoms with van der Waals surface area (Å²) in [5.41, 5.74) is 2.20. The van der Waals surface area contributed by atoms with Crippen LogP contribution in [0.2, 0.25) is 0 Å². The maximum atomic E-state index is 14.3. The van der Waals surface area contributed by atoms with E-state index >= 15 is 0 Å². The zero-order valence-corrected chi connectivity index (χ0v) is 23.6. The Bertz CT molecular complexity index is 1460. The molecule has 2 saturated heterocycles. The van der Waals surface area contributed by atoms with Crippen molar-refractivity contribution in [2.24, 2.45) is 0 Å². The average molecular weight is 561 g/mol. The molecule has 2 fully saturated rings. The van der Waals surface area contributed by atoms with Gasteiger partial charge in [-0.3, -0.25) is 14.6 Å². The number of fused-ring (bicyclic) bond motifs is 1. The standard InChI is InChI=1S/C29H33FN8O3/c1-19-23(9-10-25(30)24(19)14-31)26-17-35-11-12-36(15-22(35)16-37(26)28(40)41-29(2,3)4)27(39)13-20-5-7-21(8-6-20)38-18-32-33-34-38/h5-10,18,22,26H,11-13,15-17H2,1-4H3. The van der Waals surface area contributed by atoms with Crippen LogP contribution in [0, 0.1) is 24.1 Å². The van der Waals surface area contributed by atoms with Gasteiger partial charge in [0.05, 0.1) is 23.7 Å². The van der Waals surface area contributed by atoms with E-state index in [1.165, 1.54) is 12.4 Å². The van der Waals surface area contributed by atoms with E-state index in [1.54, 1.807) is 22.6 Å². The van der Waals surface area contributed by atoms with Crippen molar-refractivity contribution >= 4 is 12.0 Å². The number of amides is 2. The first-order chi connectivity index (χ1) is 19.5. The van der Waals surface area contributed by atoms with Crippen molar-refractivity contribution in [3.63, 3.8) is 0 Å². The van der Waals surface area contributed by atoms with Crippen molar-refractivity contribution < 1.29 is 18.7 Å². The topological polar surface area (TPSA) is 120 Å². The highest BCUT2D eigenvalue weighted by molar-refractivity contribution is 5.79. The minimum atomic E-state index is -0.705.